The minimum absolute atomic E-state index is 0.397. The van der Waals surface area contributed by atoms with Gasteiger partial charge in [-0.05, 0) is 37.1 Å². The first-order valence-corrected chi connectivity index (χ1v) is 6.44. The van der Waals surface area contributed by atoms with Crippen molar-refractivity contribution in [2.45, 2.75) is 39.6 Å². The summed E-state index contributed by atoms with van der Waals surface area (Å²) in [5.41, 5.74) is 2.56. The van der Waals surface area contributed by atoms with Crippen LogP contribution in [-0.2, 0) is 6.54 Å². The zero-order valence-electron chi connectivity index (χ0n) is 11.8. The maximum atomic E-state index is 12.2. The van der Waals surface area contributed by atoms with E-state index in [0.29, 0.717) is 12.3 Å². The van der Waals surface area contributed by atoms with Gasteiger partial charge in [-0.1, -0.05) is 19.1 Å². The first-order chi connectivity index (χ1) is 9.25. The monoisotopic (exact) mass is 291 g/mol. The number of aliphatic hydroxyl groups excluding tert-OH is 1. The minimum atomic E-state index is -4.66. The second-order valence-electron chi connectivity index (χ2n) is 4.71. The predicted molar refractivity (Wildman–Crippen MR) is 70.9 cm³/mol. The van der Waals surface area contributed by atoms with Gasteiger partial charge in [-0.15, -0.1) is 0 Å². The largest absolute Gasteiger partial charge is 0.490 e. The summed E-state index contributed by atoms with van der Waals surface area (Å²) in [6.07, 6.45) is -7.13. The third-order valence-electron chi connectivity index (χ3n) is 2.86. The van der Waals surface area contributed by atoms with Crippen LogP contribution in [0.25, 0.3) is 0 Å². The smallest absolute Gasteiger partial charge is 0.417 e. The van der Waals surface area contributed by atoms with Crippen molar-refractivity contribution in [3.63, 3.8) is 0 Å². The average Bonchev–Trinajstić information content (AvgIpc) is 2.33. The fraction of sp³-hybridized carbons (Fsp3) is 0.571. The fourth-order valence-corrected chi connectivity index (χ4v) is 1.90. The SMILES string of the molecule is CCNCc1cc(C)c(OCC(O)C(F)(F)F)c(C)c1. The highest BCUT2D eigenvalue weighted by Crippen LogP contribution is 2.27. The topological polar surface area (TPSA) is 41.5 Å². The Kier molecular flexibility index (Phi) is 5.83. The number of rotatable bonds is 6. The van der Waals surface area contributed by atoms with Crippen LogP contribution in [0, 0.1) is 13.8 Å². The summed E-state index contributed by atoms with van der Waals surface area (Å²) in [5.74, 6) is 0.397. The van der Waals surface area contributed by atoms with Gasteiger partial charge in [0.2, 0.25) is 0 Å². The van der Waals surface area contributed by atoms with Gasteiger partial charge in [-0.25, -0.2) is 0 Å². The highest BCUT2D eigenvalue weighted by molar-refractivity contribution is 5.43. The van der Waals surface area contributed by atoms with Crippen LogP contribution in [0.15, 0.2) is 12.1 Å². The number of hydrogen-bond donors (Lipinski definition) is 2. The highest BCUT2D eigenvalue weighted by atomic mass is 19.4. The van der Waals surface area contributed by atoms with Crippen LogP contribution in [0.2, 0.25) is 0 Å². The Labute approximate surface area is 116 Å². The first-order valence-electron chi connectivity index (χ1n) is 6.44. The summed E-state index contributed by atoms with van der Waals surface area (Å²) >= 11 is 0. The molecule has 0 amide bonds. The molecule has 1 rings (SSSR count). The van der Waals surface area contributed by atoms with Gasteiger partial charge in [-0.3, -0.25) is 0 Å². The maximum Gasteiger partial charge on any atom is 0.417 e. The summed E-state index contributed by atoms with van der Waals surface area (Å²) in [6.45, 7) is 6.29. The Bertz CT molecular complexity index is 424. The normalized spacial score (nSPS) is 13.3. The molecule has 0 fully saturated rings. The van der Waals surface area contributed by atoms with Gasteiger partial charge in [0.05, 0.1) is 0 Å². The third-order valence-corrected chi connectivity index (χ3v) is 2.86. The van der Waals surface area contributed by atoms with Crippen molar-refractivity contribution in [3.05, 3.63) is 28.8 Å². The van der Waals surface area contributed by atoms with E-state index in [1.54, 1.807) is 13.8 Å². The van der Waals surface area contributed by atoms with E-state index in [-0.39, 0.29) is 0 Å². The molecule has 3 nitrogen and oxygen atoms in total. The van der Waals surface area contributed by atoms with Crippen LogP contribution in [0.4, 0.5) is 13.2 Å². The van der Waals surface area contributed by atoms with Crippen molar-refractivity contribution in [2.24, 2.45) is 0 Å². The molecule has 0 aliphatic carbocycles. The van der Waals surface area contributed by atoms with Gasteiger partial charge < -0.3 is 15.2 Å². The lowest BCUT2D eigenvalue weighted by molar-refractivity contribution is -0.210. The van der Waals surface area contributed by atoms with Gasteiger partial charge in [-0.2, -0.15) is 13.2 Å². The molecule has 1 unspecified atom stereocenters. The van der Waals surface area contributed by atoms with Crippen LogP contribution >= 0.6 is 0 Å². The number of halogens is 3. The molecule has 0 aromatic heterocycles. The fourth-order valence-electron chi connectivity index (χ4n) is 1.90. The summed E-state index contributed by atoms with van der Waals surface area (Å²) in [6, 6.07) is 3.73. The number of nitrogens with one attached hydrogen (secondary N) is 1. The van der Waals surface area contributed by atoms with Gasteiger partial charge >= 0.3 is 6.18 Å². The van der Waals surface area contributed by atoms with Crippen LogP contribution < -0.4 is 10.1 Å². The number of aliphatic hydroxyl groups is 1. The standard InChI is InChI=1S/C14H20F3NO2/c1-4-18-7-11-5-9(2)13(10(3)6-11)20-8-12(19)14(15,16)17/h5-6,12,18-19H,4,7-8H2,1-3H3. The van der Waals surface area contributed by atoms with E-state index in [4.69, 9.17) is 9.84 Å². The molecular weight excluding hydrogens is 271 g/mol. The Morgan fingerprint density at radius 1 is 1.25 bits per heavy atom. The van der Waals surface area contributed by atoms with Crippen molar-refractivity contribution in [1.82, 2.24) is 5.32 Å². The Morgan fingerprint density at radius 3 is 2.25 bits per heavy atom. The molecule has 114 valence electrons. The summed E-state index contributed by atoms with van der Waals surface area (Å²) < 4.78 is 41.8. The molecule has 2 N–H and O–H groups in total. The van der Waals surface area contributed by atoms with Crippen LogP contribution in [0.1, 0.15) is 23.6 Å². The third kappa shape index (κ3) is 4.68. The van der Waals surface area contributed by atoms with E-state index in [1.165, 1.54) is 0 Å². The van der Waals surface area contributed by atoms with Crippen molar-refractivity contribution >= 4 is 0 Å². The van der Waals surface area contributed by atoms with Crippen molar-refractivity contribution in [1.29, 1.82) is 0 Å². The number of aryl methyl sites for hydroxylation is 2. The molecule has 6 heteroatoms. The highest BCUT2D eigenvalue weighted by Gasteiger charge is 2.38. The Morgan fingerprint density at radius 2 is 1.80 bits per heavy atom. The van der Waals surface area contributed by atoms with E-state index in [9.17, 15) is 13.2 Å². The molecule has 0 saturated heterocycles. The van der Waals surface area contributed by atoms with E-state index in [1.807, 2.05) is 19.1 Å². The van der Waals surface area contributed by atoms with Gasteiger partial charge in [0.25, 0.3) is 0 Å². The summed E-state index contributed by atoms with van der Waals surface area (Å²) in [7, 11) is 0. The van der Waals surface area contributed by atoms with Gasteiger partial charge in [0.15, 0.2) is 6.10 Å². The second kappa shape index (κ2) is 6.95. The molecular formula is C14H20F3NO2. The van der Waals surface area contributed by atoms with Crippen LogP contribution in [0.3, 0.4) is 0 Å². The summed E-state index contributed by atoms with van der Waals surface area (Å²) in [5, 5.41) is 12.1. The zero-order valence-corrected chi connectivity index (χ0v) is 11.8. The van der Waals surface area contributed by atoms with Gasteiger partial charge in [0.1, 0.15) is 12.4 Å². The molecule has 20 heavy (non-hydrogen) atoms. The van der Waals surface area contributed by atoms with Crippen LogP contribution in [0.5, 0.6) is 5.75 Å². The van der Waals surface area contributed by atoms with Gasteiger partial charge in [0, 0.05) is 6.54 Å². The molecule has 0 bridgehead atoms. The number of hydrogen-bond acceptors (Lipinski definition) is 3. The lowest BCUT2D eigenvalue weighted by atomic mass is 10.1. The number of benzene rings is 1. The predicted octanol–water partition coefficient (Wildman–Crippen LogP) is 2.71. The quantitative estimate of drug-likeness (QED) is 0.847. The number of alkyl halides is 3. The maximum absolute atomic E-state index is 12.2. The van der Waals surface area contributed by atoms with Crippen LogP contribution in [-0.4, -0.2) is 30.5 Å². The Hall–Kier alpha value is -1.27. The zero-order chi connectivity index (χ0) is 15.3. The average molecular weight is 291 g/mol. The first kappa shape index (κ1) is 16.8. The molecule has 0 radical (unpaired) electrons. The van der Waals surface area contributed by atoms with Crippen molar-refractivity contribution in [3.8, 4) is 5.75 Å². The molecule has 0 saturated carbocycles. The van der Waals surface area contributed by atoms with E-state index >= 15 is 0 Å². The second-order valence-corrected chi connectivity index (χ2v) is 4.71. The molecule has 1 atom stereocenters. The Balaban J connectivity index is 2.76. The van der Waals surface area contributed by atoms with Crippen molar-refractivity contribution in [2.75, 3.05) is 13.2 Å². The van der Waals surface area contributed by atoms with E-state index < -0.39 is 18.9 Å². The molecule has 1 aromatic carbocycles. The minimum Gasteiger partial charge on any atom is -0.490 e. The molecule has 0 aliphatic rings. The summed E-state index contributed by atoms with van der Waals surface area (Å²) in [4.78, 5) is 0. The molecule has 0 spiro atoms. The van der Waals surface area contributed by atoms with Crippen molar-refractivity contribution < 1.29 is 23.0 Å². The lowest BCUT2D eigenvalue weighted by Crippen LogP contribution is -2.34. The lowest BCUT2D eigenvalue weighted by Gasteiger charge is -2.18. The van der Waals surface area contributed by atoms with E-state index in [0.717, 1.165) is 23.2 Å². The molecule has 0 heterocycles. The van der Waals surface area contributed by atoms with E-state index in [2.05, 4.69) is 5.32 Å². The molecule has 0 aliphatic heterocycles. The number of ether oxygens (including phenoxy) is 1. The molecule has 1 aromatic rings.